The summed E-state index contributed by atoms with van der Waals surface area (Å²) >= 11 is 3.25. The van der Waals surface area contributed by atoms with Crippen LogP contribution >= 0.6 is 23.1 Å². The Hall–Kier alpha value is -0.140. The maximum absolute atomic E-state index is 13.3. The molecular weight excluding hydrogens is 254 g/mol. The molecule has 0 saturated heterocycles. The second kappa shape index (κ2) is 3.93. The van der Waals surface area contributed by atoms with Gasteiger partial charge in [-0.2, -0.15) is 0 Å². The van der Waals surface area contributed by atoms with Gasteiger partial charge in [0.1, 0.15) is 13.0 Å². The predicted molar refractivity (Wildman–Crippen MR) is 58.1 cm³/mol. The topological polar surface area (TPSA) is 17.1 Å². The average molecular weight is 265 g/mol. The maximum Gasteiger partial charge on any atom is 0.134 e. The van der Waals surface area contributed by atoms with E-state index in [0.29, 0.717) is 10.6 Å². The molecule has 0 radical (unpaired) electrons. The molecular formula is C9H11BrFOP. The van der Waals surface area contributed by atoms with Gasteiger partial charge in [-0.25, -0.2) is 4.39 Å². The minimum atomic E-state index is -2.51. The van der Waals surface area contributed by atoms with E-state index in [0.717, 1.165) is 5.56 Å². The molecule has 0 amide bonds. The fraction of sp³-hybridized carbons (Fsp3) is 0.333. The Balaban J connectivity index is 3.41. The van der Waals surface area contributed by atoms with Crippen LogP contribution in [0, 0.1) is 5.82 Å². The fourth-order valence-corrected chi connectivity index (χ4v) is 3.39. The van der Waals surface area contributed by atoms with Crippen LogP contribution in [0.5, 0.6) is 0 Å². The van der Waals surface area contributed by atoms with Gasteiger partial charge >= 0.3 is 0 Å². The zero-order chi connectivity index (χ0) is 10.1. The quantitative estimate of drug-likeness (QED) is 0.593. The van der Waals surface area contributed by atoms with E-state index in [1.165, 1.54) is 6.07 Å². The highest BCUT2D eigenvalue weighted by Crippen LogP contribution is 2.37. The zero-order valence-electron chi connectivity index (χ0n) is 7.55. The van der Waals surface area contributed by atoms with Crippen molar-refractivity contribution in [1.29, 1.82) is 0 Å². The summed E-state index contributed by atoms with van der Waals surface area (Å²) < 4.78 is 25.1. The molecule has 0 bridgehead atoms. The van der Waals surface area contributed by atoms with Gasteiger partial charge in [-0.15, -0.1) is 0 Å². The fourth-order valence-electron chi connectivity index (χ4n) is 1.27. The number of rotatable bonds is 2. The van der Waals surface area contributed by atoms with Crippen molar-refractivity contribution in [3.8, 4) is 0 Å². The van der Waals surface area contributed by atoms with Crippen molar-refractivity contribution in [2.45, 2.75) is 5.33 Å². The van der Waals surface area contributed by atoms with Crippen LogP contribution < -0.4 is 5.30 Å². The molecule has 0 N–H and O–H groups in total. The third kappa shape index (κ3) is 2.41. The van der Waals surface area contributed by atoms with Gasteiger partial charge in [0, 0.05) is 5.33 Å². The van der Waals surface area contributed by atoms with E-state index in [-0.39, 0.29) is 5.82 Å². The standard InChI is InChI=1S/C9H11BrFOP/c1-13(2,12)9-7(6-10)4-3-5-8(9)11/h3-5H,6H2,1-2H3. The highest BCUT2D eigenvalue weighted by molar-refractivity contribution is 9.08. The highest BCUT2D eigenvalue weighted by Gasteiger charge is 2.19. The van der Waals surface area contributed by atoms with Gasteiger partial charge in [0.15, 0.2) is 0 Å². The van der Waals surface area contributed by atoms with Gasteiger partial charge < -0.3 is 4.57 Å². The van der Waals surface area contributed by atoms with E-state index in [4.69, 9.17) is 0 Å². The predicted octanol–water partition coefficient (Wildman–Crippen LogP) is 2.97. The van der Waals surface area contributed by atoms with Gasteiger partial charge in [-0.1, -0.05) is 28.1 Å². The van der Waals surface area contributed by atoms with E-state index >= 15 is 0 Å². The molecule has 1 nitrogen and oxygen atoms in total. The third-order valence-electron chi connectivity index (χ3n) is 1.75. The summed E-state index contributed by atoms with van der Waals surface area (Å²) in [7, 11) is -2.51. The summed E-state index contributed by atoms with van der Waals surface area (Å²) in [6.07, 6.45) is 0. The molecule has 0 spiro atoms. The van der Waals surface area contributed by atoms with Gasteiger partial charge in [-0.05, 0) is 25.0 Å². The number of hydrogen-bond acceptors (Lipinski definition) is 1. The Morgan fingerprint density at radius 3 is 2.46 bits per heavy atom. The Labute approximate surface area is 85.8 Å². The first-order chi connectivity index (χ1) is 5.96. The van der Waals surface area contributed by atoms with E-state index in [1.54, 1.807) is 25.5 Å². The zero-order valence-corrected chi connectivity index (χ0v) is 10.0. The molecule has 0 atom stereocenters. The molecule has 0 aliphatic rings. The van der Waals surface area contributed by atoms with Crippen molar-refractivity contribution < 1.29 is 8.96 Å². The summed E-state index contributed by atoms with van der Waals surface area (Å²) in [4.78, 5) is 0. The second-order valence-corrected chi connectivity index (χ2v) is 6.94. The van der Waals surface area contributed by atoms with Crippen molar-refractivity contribution in [3.63, 3.8) is 0 Å². The maximum atomic E-state index is 13.3. The molecule has 0 aromatic heterocycles. The molecule has 1 aromatic rings. The van der Waals surface area contributed by atoms with E-state index in [2.05, 4.69) is 15.9 Å². The van der Waals surface area contributed by atoms with Crippen LogP contribution in [-0.2, 0) is 9.90 Å². The first-order valence-corrected chi connectivity index (χ1v) is 7.58. The van der Waals surface area contributed by atoms with Crippen LogP contribution in [0.4, 0.5) is 4.39 Å². The van der Waals surface area contributed by atoms with E-state index in [9.17, 15) is 8.96 Å². The van der Waals surface area contributed by atoms with Crippen molar-refractivity contribution in [2.75, 3.05) is 13.3 Å². The summed E-state index contributed by atoms with van der Waals surface area (Å²) in [6.45, 7) is 3.16. The molecule has 0 saturated carbocycles. The first-order valence-electron chi connectivity index (χ1n) is 3.85. The van der Waals surface area contributed by atoms with Gasteiger partial charge in [0.05, 0.1) is 5.30 Å². The van der Waals surface area contributed by atoms with Crippen molar-refractivity contribution in [3.05, 3.63) is 29.6 Å². The number of alkyl halides is 1. The van der Waals surface area contributed by atoms with E-state index < -0.39 is 7.14 Å². The van der Waals surface area contributed by atoms with Crippen LogP contribution in [0.2, 0.25) is 0 Å². The molecule has 1 rings (SSSR count). The number of benzene rings is 1. The molecule has 0 aliphatic carbocycles. The van der Waals surface area contributed by atoms with Crippen molar-refractivity contribution >= 4 is 28.4 Å². The summed E-state index contributed by atoms with van der Waals surface area (Å²) in [6, 6.07) is 4.76. The van der Waals surface area contributed by atoms with Gasteiger partial charge in [0.2, 0.25) is 0 Å². The third-order valence-corrected chi connectivity index (χ3v) is 3.93. The molecule has 0 unspecified atom stereocenters. The van der Waals surface area contributed by atoms with Crippen LogP contribution in [0.1, 0.15) is 5.56 Å². The van der Waals surface area contributed by atoms with Gasteiger partial charge in [-0.3, -0.25) is 0 Å². The minimum absolute atomic E-state index is 0.367. The van der Waals surface area contributed by atoms with Gasteiger partial charge in [0.25, 0.3) is 0 Å². The molecule has 0 aliphatic heterocycles. The summed E-state index contributed by atoms with van der Waals surface area (Å²) in [5.74, 6) is -0.370. The minimum Gasteiger partial charge on any atom is -0.319 e. The Morgan fingerprint density at radius 2 is 2.08 bits per heavy atom. The number of halogens is 2. The number of hydrogen-bond donors (Lipinski definition) is 0. The lowest BCUT2D eigenvalue weighted by atomic mass is 10.2. The normalized spacial score (nSPS) is 11.7. The van der Waals surface area contributed by atoms with Crippen LogP contribution in [0.3, 0.4) is 0 Å². The van der Waals surface area contributed by atoms with Crippen molar-refractivity contribution in [2.24, 2.45) is 0 Å². The summed E-state index contributed by atoms with van der Waals surface area (Å²) in [5.41, 5.74) is 0.772. The lowest BCUT2D eigenvalue weighted by Crippen LogP contribution is -2.13. The Bertz CT molecular complexity index is 359. The molecule has 72 valence electrons. The summed E-state index contributed by atoms with van der Waals surface area (Å²) in [5, 5.41) is 0.901. The highest BCUT2D eigenvalue weighted by atomic mass is 79.9. The van der Waals surface area contributed by atoms with Crippen LogP contribution in [0.25, 0.3) is 0 Å². The van der Waals surface area contributed by atoms with Crippen LogP contribution in [-0.4, -0.2) is 13.3 Å². The molecule has 4 heteroatoms. The Kier molecular flexibility index (Phi) is 3.31. The smallest absolute Gasteiger partial charge is 0.134 e. The molecule has 0 heterocycles. The first kappa shape index (κ1) is 10.9. The van der Waals surface area contributed by atoms with Crippen LogP contribution in [0.15, 0.2) is 18.2 Å². The molecule has 0 fully saturated rings. The largest absolute Gasteiger partial charge is 0.319 e. The second-order valence-electron chi connectivity index (χ2n) is 3.23. The molecule has 13 heavy (non-hydrogen) atoms. The molecule has 1 aromatic carbocycles. The average Bonchev–Trinajstić information content (AvgIpc) is 2.01. The Morgan fingerprint density at radius 1 is 1.46 bits per heavy atom. The van der Waals surface area contributed by atoms with E-state index in [1.807, 2.05) is 0 Å². The monoisotopic (exact) mass is 264 g/mol. The lowest BCUT2D eigenvalue weighted by Gasteiger charge is -2.12. The SMILES string of the molecule is CP(C)(=O)c1c(F)cccc1CBr. The van der Waals surface area contributed by atoms with Crippen molar-refractivity contribution in [1.82, 2.24) is 0 Å². The lowest BCUT2D eigenvalue weighted by molar-refractivity contribution is 0.584.